The minimum absolute atomic E-state index is 0.137. The van der Waals surface area contributed by atoms with Crippen molar-refractivity contribution in [2.75, 3.05) is 20.3 Å². The van der Waals surface area contributed by atoms with E-state index in [4.69, 9.17) is 15.2 Å². The number of ketones is 1. The Bertz CT molecular complexity index is 728. The van der Waals surface area contributed by atoms with Crippen molar-refractivity contribution < 1.29 is 23.9 Å². The van der Waals surface area contributed by atoms with E-state index in [1.807, 2.05) is 26.0 Å². The van der Waals surface area contributed by atoms with Gasteiger partial charge in [-0.05, 0) is 43.4 Å². The number of nitrogens with one attached hydrogen (secondary N) is 2. The number of rotatable bonds is 11. The van der Waals surface area contributed by atoms with Crippen molar-refractivity contribution in [1.29, 1.82) is 0 Å². The predicted octanol–water partition coefficient (Wildman–Crippen LogP) is 0.570. The summed E-state index contributed by atoms with van der Waals surface area (Å²) >= 11 is 0. The molecular weight excluding hydrogens is 374 g/mol. The maximum Gasteiger partial charge on any atom is 0.239 e. The molecule has 1 heterocycles. The standard InChI is InChI=1S/C21H31N3O5/c1-13(2)9-17(19(26)21(3)12-29-21)24-18(25)11-23-20(27)16(22)10-14-5-7-15(28-4)8-6-14/h5-8,13,16-17H,9-12,22H2,1-4H3,(H,23,27)(H,24,25). The Labute approximate surface area is 171 Å². The summed E-state index contributed by atoms with van der Waals surface area (Å²) in [5, 5.41) is 5.25. The first-order chi connectivity index (χ1) is 13.6. The fourth-order valence-corrected chi connectivity index (χ4v) is 2.97. The second-order valence-corrected chi connectivity index (χ2v) is 8.01. The largest absolute Gasteiger partial charge is 0.497 e. The third kappa shape index (κ3) is 6.83. The van der Waals surface area contributed by atoms with Gasteiger partial charge < -0.3 is 25.8 Å². The maximum absolute atomic E-state index is 12.5. The molecule has 1 aliphatic rings. The molecular formula is C21H31N3O5. The number of amides is 2. The number of carbonyl (C=O) groups is 3. The minimum Gasteiger partial charge on any atom is -0.497 e. The van der Waals surface area contributed by atoms with Crippen LogP contribution >= 0.6 is 0 Å². The van der Waals surface area contributed by atoms with Crippen LogP contribution in [0.1, 0.15) is 32.8 Å². The summed E-state index contributed by atoms with van der Waals surface area (Å²) in [7, 11) is 1.58. The number of hydrogen-bond acceptors (Lipinski definition) is 6. The zero-order valence-electron chi connectivity index (χ0n) is 17.5. The van der Waals surface area contributed by atoms with Crippen LogP contribution in [-0.2, 0) is 25.5 Å². The van der Waals surface area contributed by atoms with Crippen LogP contribution in [0.2, 0.25) is 0 Å². The topological polar surface area (TPSA) is 123 Å². The van der Waals surface area contributed by atoms with Gasteiger partial charge in [-0.25, -0.2) is 0 Å². The molecule has 0 saturated carbocycles. The van der Waals surface area contributed by atoms with Crippen molar-refractivity contribution in [1.82, 2.24) is 10.6 Å². The normalized spacial score (nSPS) is 19.9. The Morgan fingerprint density at radius 3 is 2.38 bits per heavy atom. The molecule has 0 radical (unpaired) electrons. The molecule has 2 rings (SSSR count). The Kier molecular flexibility index (Phi) is 7.75. The van der Waals surface area contributed by atoms with Gasteiger partial charge in [0.2, 0.25) is 11.8 Å². The van der Waals surface area contributed by atoms with E-state index in [2.05, 4.69) is 10.6 Å². The van der Waals surface area contributed by atoms with Gasteiger partial charge in [0.1, 0.15) is 11.4 Å². The first kappa shape index (κ1) is 22.8. The van der Waals surface area contributed by atoms with Gasteiger partial charge in [-0.1, -0.05) is 26.0 Å². The van der Waals surface area contributed by atoms with Crippen LogP contribution in [0.5, 0.6) is 5.75 Å². The van der Waals surface area contributed by atoms with E-state index in [1.165, 1.54) is 0 Å². The number of methoxy groups -OCH3 is 1. The van der Waals surface area contributed by atoms with Gasteiger partial charge in [-0.3, -0.25) is 14.4 Å². The zero-order chi connectivity index (χ0) is 21.6. The number of benzene rings is 1. The summed E-state index contributed by atoms with van der Waals surface area (Å²) in [6.07, 6.45) is 0.843. The van der Waals surface area contributed by atoms with Gasteiger partial charge >= 0.3 is 0 Å². The van der Waals surface area contributed by atoms with Crippen LogP contribution in [0, 0.1) is 5.92 Å². The molecule has 29 heavy (non-hydrogen) atoms. The lowest BCUT2D eigenvalue weighted by Crippen LogP contribution is -2.51. The van der Waals surface area contributed by atoms with Crippen molar-refractivity contribution in [3.8, 4) is 5.75 Å². The Hall–Kier alpha value is -2.45. The number of ether oxygens (including phenoxy) is 2. The van der Waals surface area contributed by atoms with Crippen LogP contribution in [0.3, 0.4) is 0 Å². The zero-order valence-corrected chi connectivity index (χ0v) is 17.5. The van der Waals surface area contributed by atoms with Crippen LogP contribution in [-0.4, -0.2) is 55.5 Å². The number of hydrogen-bond donors (Lipinski definition) is 3. The molecule has 0 aromatic heterocycles. The summed E-state index contributed by atoms with van der Waals surface area (Å²) in [5.74, 6) is -0.0565. The molecule has 1 fully saturated rings. The quantitative estimate of drug-likeness (QED) is 0.463. The van der Waals surface area contributed by atoms with E-state index in [-0.39, 0.29) is 18.2 Å². The summed E-state index contributed by atoms with van der Waals surface area (Å²) in [6.45, 7) is 5.79. The van der Waals surface area contributed by atoms with Gasteiger partial charge in [0.25, 0.3) is 0 Å². The van der Waals surface area contributed by atoms with E-state index in [9.17, 15) is 14.4 Å². The van der Waals surface area contributed by atoms with Crippen molar-refractivity contribution in [2.45, 2.75) is 51.3 Å². The van der Waals surface area contributed by atoms with Crippen molar-refractivity contribution in [2.24, 2.45) is 11.7 Å². The van der Waals surface area contributed by atoms with Gasteiger partial charge in [-0.15, -0.1) is 0 Å². The molecule has 3 atom stereocenters. The third-order valence-electron chi connectivity index (χ3n) is 4.83. The molecule has 1 saturated heterocycles. The lowest BCUT2D eigenvalue weighted by molar-refractivity contribution is -0.131. The highest BCUT2D eigenvalue weighted by Gasteiger charge is 2.50. The molecule has 3 unspecified atom stereocenters. The smallest absolute Gasteiger partial charge is 0.239 e. The summed E-state index contributed by atoms with van der Waals surface area (Å²) in [6, 6.07) is 5.83. The average molecular weight is 405 g/mol. The second kappa shape index (κ2) is 9.84. The van der Waals surface area contributed by atoms with E-state index >= 15 is 0 Å². The minimum atomic E-state index is -0.809. The van der Waals surface area contributed by atoms with Gasteiger partial charge in [0, 0.05) is 0 Å². The molecule has 1 aliphatic heterocycles. The molecule has 0 spiro atoms. The van der Waals surface area contributed by atoms with Crippen LogP contribution in [0.4, 0.5) is 0 Å². The van der Waals surface area contributed by atoms with Crippen LogP contribution < -0.4 is 21.1 Å². The van der Waals surface area contributed by atoms with E-state index in [1.54, 1.807) is 26.2 Å². The average Bonchev–Trinajstić information content (AvgIpc) is 3.43. The lowest BCUT2D eigenvalue weighted by atomic mass is 9.93. The SMILES string of the molecule is COc1ccc(CC(N)C(=O)NCC(=O)NC(CC(C)C)C(=O)C2(C)CO2)cc1. The Morgan fingerprint density at radius 1 is 1.24 bits per heavy atom. The molecule has 0 bridgehead atoms. The van der Waals surface area contributed by atoms with E-state index in [0.29, 0.717) is 19.4 Å². The second-order valence-electron chi connectivity index (χ2n) is 8.01. The fraction of sp³-hybridized carbons (Fsp3) is 0.571. The van der Waals surface area contributed by atoms with Crippen LogP contribution in [0.25, 0.3) is 0 Å². The monoisotopic (exact) mass is 405 g/mol. The molecule has 1 aromatic carbocycles. The first-order valence-electron chi connectivity index (χ1n) is 9.78. The highest BCUT2D eigenvalue weighted by molar-refractivity contribution is 5.97. The highest BCUT2D eigenvalue weighted by atomic mass is 16.6. The van der Waals surface area contributed by atoms with Gasteiger partial charge in [0.05, 0.1) is 32.3 Å². The van der Waals surface area contributed by atoms with Crippen LogP contribution in [0.15, 0.2) is 24.3 Å². The molecule has 8 heteroatoms. The summed E-state index contributed by atoms with van der Waals surface area (Å²) < 4.78 is 10.3. The highest BCUT2D eigenvalue weighted by Crippen LogP contribution is 2.29. The number of epoxide rings is 1. The third-order valence-corrected chi connectivity index (χ3v) is 4.83. The van der Waals surface area contributed by atoms with Crippen molar-refractivity contribution >= 4 is 17.6 Å². The van der Waals surface area contributed by atoms with E-state index in [0.717, 1.165) is 11.3 Å². The molecule has 2 amide bonds. The molecule has 1 aromatic rings. The summed E-state index contributed by atoms with van der Waals surface area (Å²) in [4.78, 5) is 37.0. The maximum atomic E-state index is 12.5. The number of carbonyl (C=O) groups excluding carboxylic acids is 3. The molecule has 0 aliphatic carbocycles. The molecule has 4 N–H and O–H groups in total. The van der Waals surface area contributed by atoms with Gasteiger partial charge in [-0.2, -0.15) is 0 Å². The number of Topliss-reactive ketones (excluding diaryl/α,β-unsaturated/α-hetero) is 1. The molecule has 8 nitrogen and oxygen atoms in total. The van der Waals surface area contributed by atoms with E-state index < -0.39 is 29.5 Å². The predicted molar refractivity (Wildman–Crippen MR) is 108 cm³/mol. The van der Waals surface area contributed by atoms with Gasteiger partial charge in [0.15, 0.2) is 5.78 Å². The van der Waals surface area contributed by atoms with Crippen molar-refractivity contribution in [3.63, 3.8) is 0 Å². The fourth-order valence-electron chi connectivity index (χ4n) is 2.97. The Morgan fingerprint density at radius 2 is 1.86 bits per heavy atom. The summed E-state index contributed by atoms with van der Waals surface area (Å²) in [5.41, 5.74) is 6.02. The van der Waals surface area contributed by atoms with Crippen molar-refractivity contribution in [3.05, 3.63) is 29.8 Å². The number of nitrogens with two attached hydrogens (primary N) is 1. The lowest BCUT2D eigenvalue weighted by Gasteiger charge is -2.21. The molecule has 160 valence electrons. The Balaban J connectivity index is 1.82. The first-order valence-corrected chi connectivity index (χ1v) is 9.78.